The Labute approximate surface area is 126 Å². The minimum atomic E-state index is -0.456. The van der Waals surface area contributed by atoms with Crippen LogP contribution in [-0.4, -0.2) is 62.1 Å². The molecule has 0 atom stereocenters. The van der Waals surface area contributed by atoms with Crippen LogP contribution in [-0.2, 0) is 4.79 Å². The molecule has 1 aliphatic heterocycles. The molecule has 0 unspecified atom stereocenters. The number of hydrogen-bond donors (Lipinski definition) is 1. The van der Waals surface area contributed by atoms with Crippen molar-refractivity contribution in [3.63, 3.8) is 0 Å². The number of amides is 1. The molecule has 0 aromatic heterocycles. The van der Waals surface area contributed by atoms with Crippen LogP contribution in [0.1, 0.15) is 5.56 Å². The van der Waals surface area contributed by atoms with Gasteiger partial charge in [0.15, 0.2) is 0 Å². The van der Waals surface area contributed by atoms with Crippen molar-refractivity contribution in [3.05, 3.63) is 35.9 Å². The maximum atomic E-state index is 10.8. The number of carbonyl (C=O) groups excluding carboxylic acids is 1. The summed E-state index contributed by atoms with van der Waals surface area (Å²) >= 11 is 0. The van der Waals surface area contributed by atoms with Crippen molar-refractivity contribution in [1.29, 1.82) is 0 Å². The van der Waals surface area contributed by atoms with E-state index in [0.29, 0.717) is 6.61 Å². The molecule has 114 valence electrons. The first kappa shape index (κ1) is 15.5. The Balaban J connectivity index is 1.84. The molecule has 1 amide bonds. The Hall–Kier alpha value is -1.85. The molecule has 21 heavy (non-hydrogen) atoms. The average molecular weight is 289 g/mol. The van der Waals surface area contributed by atoms with Gasteiger partial charge in [-0.25, -0.2) is 0 Å². The van der Waals surface area contributed by atoms with E-state index in [1.165, 1.54) is 6.08 Å². The minimum absolute atomic E-state index is 0.456. The van der Waals surface area contributed by atoms with Gasteiger partial charge in [0.05, 0.1) is 0 Å². The molecule has 5 nitrogen and oxygen atoms in total. The molecule has 0 saturated carbocycles. The molecule has 0 bridgehead atoms. The number of hydrogen-bond acceptors (Lipinski definition) is 4. The number of para-hydroxylation sites is 1. The number of nitrogens with two attached hydrogens (primary N) is 1. The van der Waals surface area contributed by atoms with E-state index in [0.717, 1.165) is 44.0 Å². The molecule has 1 aromatic carbocycles. The summed E-state index contributed by atoms with van der Waals surface area (Å²) in [5.74, 6) is 0.325. The fraction of sp³-hybridized carbons (Fsp3) is 0.438. The van der Waals surface area contributed by atoms with Crippen molar-refractivity contribution in [2.45, 2.75) is 0 Å². The van der Waals surface area contributed by atoms with Crippen LogP contribution >= 0.6 is 0 Å². The average Bonchev–Trinajstić information content (AvgIpc) is 2.48. The second kappa shape index (κ2) is 7.81. The highest BCUT2D eigenvalue weighted by molar-refractivity contribution is 5.90. The maximum Gasteiger partial charge on any atom is 0.241 e. The highest BCUT2D eigenvalue weighted by Crippen LogP contribution is 2.19. The summed E-state index contributed by atoms with van der Waals surface area (Å²) in [5, 5.41) is 0. The number of carbonyl (C=O) groups is 1. The van der Waals surface area contributed by atoms with Crippen LogP contribution in [0.3, 0.4) is 0 Å². The smallest absolute Gasteiger partial charge is 0.241 e. The van der Waals surface area contributed by atoms with Gasteiger partial charge in [-0.1, -0.05) is 18.2 Å². The summed E-state index contributed by atoms with van der Waals surface area (Å²) < 4.78 is 5.84. The van der Waals surface area contributed by atoms with E-state index in [2.05, 4.69) is 16.8 Å². The summed E-state index contributed by atoms with van der Waals surface area (Å²) in [4.78, 5) is 15.6. The van der Waals surface area contributed by atoms with Crippen LogP contribution in [0.4, 0.5) is 0 Å². The molecular formula is C16H23N3O2. The molecule has 0 aliphatic carbocycles. The van der Waals surface area contributed by atoms with E-state index in [9.17, 15) is 4.79 Å². The van der Waals surface area contributed by atoms with Crippen LogP contribution in [0.2, 0.25) is 0 Å². The van der Waals surface area contributed by atoms with E-state index < -0.39 is 5.91 Å². The van der Waals surface area contributed by atoms with Crippen molar-refractivity contribution in [3.8, 4) is 5.75 Å². The molecule has 2 N–H and O–H groups in total. The molecule has 1 saturated heterocycles. The van der Waals surface area contributed by atoms with Gasteiger partial charge in [0.2, 0.25) is 5.91 Å². The molecule has 0 radical (unpaired) electrons. The first-order valence-corrected chi connectivity index (χ1v) is 7.25. The lowest BCUT2D eigenvalue weighted by Crippen LogP contribution is -2.45. The Kier molecular flexibility index (Phi) is 5.78. The topological polar surface area (TPSA) is 58.8 Å². The first-order valence-electron chi connectivity index (χ1n) is 7.25. The molecule has 1 heterocycles. The number of benzene rings is 1. The van der Waals surface area contributed by atoms with Gasteiger partial charge in [-0.2, -0.15) is 0 Å². The second-order valence-electron chi connectivity index (χ2n) is 5.27. The minimum Gasteiger partial charge on any atom is -0.492 e. The standard InChI is InChI=1S/C16H23N3O2/c1-18-8-10-19(11-9-18)12-13-21-15-5-3-2-4-14(15)6-7-16(17)20/h2-7H,8-13H2,1H3,(H2,17,20)/b7-6-. The molecule has 1 fully saturated rings. The zero-order valence-corrected chi connectivity index (χ0v) is 12.5. The zero-order chi connectivity index (χ0) is 15.1. The van der Waals surface area contributed by atoms with Gasteiger partial charge in [0, 0.05) is 44.4 Å². The maximum absolute atomic E-state index is 10.8. The van der Waals surface area contributed by atoms with Gasteiger partial charge in [0.1, 0.15) is 12.4 Å². The Morgan fingerprint density at radius 1 is 1.29 bits per heavy atom. The van der Waals surface area contributed by atoms with Crippen LogP contribution in [0, 0.1) is 0 Å². The summed E-state index contributed by atoms with van der Waals surface area (Å²) in [7, 11) is 2.15. The highest BCUT2D eigenvalue weighted by atomic mass is 16.5. The van der Waals surface area contributed by atoms with E-state index in [1.807, 2.05) is 24.3 Å². The van der Waals surface area contributed by atoms with E-state index in [-0.39, 0.29) is 0 Å². The number of piperazine rings is 1. The van der Waals surface area contributed by atoms with Gasteiger partial charge in [-0.3, -0.25) is 9.69 Å². The van der Waals surface area contributed by atoms with E-state index in [4.69, 9.17) is 10.5 Å². The summed E-state index contributed by atoms with van der Waals surface area (Å²) in [6.07, 6.45) is 3.04. The SMILES string of the molecule is CN1CCN(CCOc2ccccc2/C=C\C(N)=O)CC1. The van der Waals surface area contributed by atoms with Crippen molar-refractivity contribution in [2.24, 2.45) is 5.73 Å². The summed E-state index contributed by atoms with van der Waals surface area (Å²) in [5.41, 5.74) is 5.99. The third-order valence-corrected chi connectivity index (χ3v) is 3.61. The van der Waals surface area contributed by atoms with Crippen molar-refractivity contribution < 1.29 is 9.53 Å². The van der Waals surface area contributed by atoms with Crippen molar-refractivity contribution in [1.82, 2.24) is 9.80 Å². The fourth-order valence-electron chi connectivity index (χ4n) is 2.28. The van der Waals surface area contributed by atoms with Gasteiger partial charge in [-0.15, -0.1) is 0 Å². The van der Waals surface area contributed by atoms with Crippen LogP contribution in [0.25, 0.3) is 6.08 Å². The predicted octanol–water partition coefficient (Wildman–Crippen LogP) is 0.811. The van der Waals surface area contributed by atoms with Gasteiger partial charge < -0.3 is 15.4 Å². The summed E-state index contributed by atoms with van der Waals surface area (Å²) in [6.45, 7) is 5.95. The number of ether oxygens (including phenoxy) is 1. The molecular weight excluding hydrogens is 266 g/mol. The second-order valence-corrected chi connectivity index (χ2v) is 5.27. The van der Waals surface area contributed by atoms with Crippen LogP contribution in [0.5, 0.6) is 5.75 Å². The van der Waals surface area contributed by atoms with Crippen LogP contribution < -0.4 is 10.5 Å². The monoisotopic (exact) mass is 289 g/mol. The first-order chi connectivity index (χ1) is 10.1. The summed E-state index contributed by atoms with van der Waals surface area (Å²) in [6, 6.07) is 7.65. The van der Waals surface area contributed by atoms with Crippen molar-refractivity contribution in [2.75, 3.05) is 46.4 Å². The number of nitrogens with zero attached hydrogens (tertiary/aromatic N) is 2. The van der Waals surface area contributed by atoms with E-state index >= 15 is 0 Å². The largest absolute Gasteiger partial charge is 0.492 e. The lowest BCUT2D eigenvalue weighted by Gasteiger charge is -2.32. The Morgan fingerprint density at radius 2 is 2.00 bits per heavy atom. The third kappa shape index (κ3) is 5.21. The quantitative estimate of drug-likeness (QED) is 0.787. The predicted molar refractivity (Wildman–Crippen MR) is 84.1 cm³/mol. The normalized spacial score (nSPS) is 17.2. The van der Waals surface area contributed by atoms with Crippen LogP contribution in [0.15, 0.2) is 30.3 Å². The van der Waals surface area contributed by atoms with E-state index in [1.54, 1.807) is 6.08 Å². The number of primary amides is 1. The molecule has 1 aliphatic rings. The Bertz CT molecular complexity index is 494. The number of rotatable bonds is 6. The van der Waals surface area contributed by atoms with Gasteiger partial charge in [-0.05, 0) is 19.2 Å². The fourth-order valence-corrected chi connectivity index (χ4v) is 2.28. The Morgan fingerprint density at radius 3 is 2.71 bits per heavy atom. The molecule has 5 heteroatoms. The highest BCUT2D eigenvalue weighted by Gasteiger charge is 2.13. The molecule has 0 spiro atoms. The van der Waals surface area contributed by atoms with Gasteiger partial charge >= 0.3 is 0 Å². The zero-order valence-electron chi connectivity index (χ0n) is 12.5. The molecule has 2 rings (SSSR count). The molecule has 1 aromatic rings. The lowest BCUT2D eigenvalue weighted by atomic mass is 10.2. The van der Waals surface area contributed by atoms with Gasteiger partial charge in [0.25, 0.3) is 0 Å². The lowest BCUT2D eigenvalue weighted by molar-refractivity contribution is -0.113. The number of likely N-dealkylation sites (N-methyl/N-ethyl adjacent to an activating group) is 1. The third-order valence-electron chi connectivity index (χ3n) is 3.61. The van der Waals surface area contributed by atoms with Crippen molar-refractivity contribution >= 4 is 12.0 Å².